The molecule has 3 nitrogen and oxygen atoms in total. The van der Waals surface area contributed by atoms with Crippen LogP contribution in [0.25, 0.3) is 0 Å². The second-order valence-electron chi connectivity index (χ2n) is 2.68. The number of aliphatic carboxylic acids is 1. The first-order valence-electron chi connectivity index (χ1n) is 3.78. The molecule has 0 aliphatic carbocycles. The number of rotatable bonds is 4. The molecule has 1 atom stereocenters. The van der Waals surface area contributed by atoms with E-state index in [9.17, 15) is 4.79 Å². The molecular weight excluding hydrogens is 210 g/mol. The van der Waals surface area contributed by atoms with Crippen molar-refractivity contribution >= 4 is 28.9 Å². The summed E-state index contributed by atoms with van der Waals surface area (Å²) in [5.41, 5.74) is 1.02. The van der Waals surface area contributed by atoms with Gasteiger partial charge in [0, 0.05) is 6.04 Å². The highest BCUT2D eigenvalue weighted by molar-refractivity contribution is 7.14. The lowest BCUT2D eigenvalue weighted by atomic mass is 10.2. The third-order valence-corrected chi connectivity index (χ3v) is 2.76. The number of carboxylic acids is 1. The third kappa shape index (κ3) is 3.34. The first-order valence-corrected chi connectivity index (χ1v) is 5.04. The largest absolute Gasteiger partial charge is 0.480 e. The van der Waals surface area contributed by atoms with E-state index in [2.05, 4.69) is 5.32 Å². The van der Waals surface area contributed by atoms with Gasteiger partial charge in [-0.1, -0.05) is 11.6 Å². The molecule has 0 saturated carbocycles. The Balaban J connectivity index is 2.48. The summed E-state index contributed by atoms with van der Waals surface area (Å²) in [5.74, 6) is -0.854. The zero-order chi connectivity index (χ0) is 9.84. The lowest BCUT2D eigenvalue weighted by molar-refractivity contribution is -0.136. The molecule has 5 heteroatoms. The minimum Gasteiger partial charge on any atom is -0.480 e. The van der Waals surface area contributed by atoms with Gasteiger partial charge in [-0.05, 0) is 23.9 Å². The third-order valence-electron chi connectivity index (χ3n) is 1.65. The van der Waals surface area contributed by atoms with Crippen molar-refractivity contribution in [2.45, 2.75) is 13.0 Å². The van der Waals surface area contributed by atoms with Crippen LogP contribution >= 0.6 is 22.9 Å². The van der Waals surface area contributed by atoms with Crippen molar-refractivity contribution in [2.75, 3.05) is 6.54 Å². The number of carboxylic acid groups (broad SMARTS) is 1. The Hall–Kier alpha value is -0.580. The summed E-state index contributed by atoms with van der Waals surface area (Å²) in [6.45, 7) is 1.87. The van der Waals surface area contributed by atoms with E-state index in [1.807, 2.05) is 18.4 Å². The molecule has 0 amide bonds. The van der Waals surface area contributed by atoms with Gasteiger partial charge in [-0.25, -0.2) is 0 Å². The van der Waals surface area contributed by atoms with Crippen LogP contribution in [0.3, 0.4) is 0 Å². The minimum absolute atomic E-state index is 0.0276. The van der Waals surface area contributed by atoms with Crippen LogP contribution in [0.5, 0.6) is 0 Å². The van der Waals surface area contributed by atoms with E-state index in [1.165, 1.54) is 11.3 Å². The Morgan fingerprint density at radius 2 is 2.54 bits per heavy atom. The maximum Gasteiger partial charge on any atom is 0.317 e. The van der Waals surface area contributed by atoms with Crippen molar-refractivity contribution in [3.05, 3.63) is 21.3 Å². The lowest BCUT2D eigenvalue weighted by Crippen LogP contribution is -2.25. The van der Waals surface area contributed by atoms with Gasteiger partial charge in [0.05, 0.1) is 10.9 Å². The van der Waals surface area contributed by atoms with E-state index in [0.717, 1.165) is 9.90 Å². The van der Waals surface area contributed by atoms with E-state index >= 15 is 0 Å². The SMILES string of the molecule is CC(NCC(=O)O)c1csc(Cl)c1. The van der Waals surface area contributed by atoms with Gasteiger partial charge in [0.15, 0.2) is 0 Å². The molecule has 1 unspecified atom stereocenters. The van der Waals surface area contributed by atoms with Crippen molar-refractivity contribution in [2.24, 2.45) is 0 Å². The second-order valence-corrected chi connectivity index (χ2v) is 4.22. The van der Waals surface area contributed by atoms with Crippen molar-refractivity contribution in [1.29, 1.82) is 0 Å². The molecule has 1 aromatic heterocycles. The number of hydrogen-bond donors (Lipinski definition) is 2. The molecule has 0 saturated heterocycles. The van der Waals surface area contributed by atoms with Gasteiger partial charge >= 0.3 is 5.97 Å². The van der Waals surface area contributed by atoms with Crippen LogP contribution in [-0.4, -0.2) is 17.6 Å². The number of nitrogens with one attached hydrogen (secondary N) is 1. The van der Waals surface area contributed by atoms with Gasteiger partial charge in [-0.15, -0.1) is 11.3 Å². The standard InChI is InChI=1S/C8H10ClNO2S/c1-5(10-3-8(11)12)6-2-7(9)13-4-6/h2,4-5,10H,3H2,1H3,(H,11,12). The number of carbonyl (C=O) groups is 1. The molecule has 0 fully saturated rings. The summed E-state index contributed by atoms with van der Waals surface area (Å²) >= 11 is 7.19. The monoisotopic (exact) mass is 219 g/mol. The predicted octanol–water partition coefficient (Wildman–Crippen LogP) is 2.14. The van der Waals surface area contributed by atoms with E-state index < -0.39 is 5.97 Å². The zero-order valence-corrected chi connectivity index (χ0v) is 8.65. The Labute approximate surface area is 85.3 Å². The summed E-state index contributed by atoms with van der Waals surface area (Å²) in [6, 6.07) is 1.87. The molecule has 0 aliphatic rings. The Bertz CT molecular complexity index is 300. The fraction of sp³-hybridized carbons (Fsp3) is 0.375. The zero-order valence-electron chi connectivity index (χ0n) is 7.08. The van der Waals surface area contributed by atoms with Gasteiger partial charge in [0.1, 0.15) is 0 Å². The van der Waals surface area contributed by atoms with Crippen molar-refractivity contribution in [3.63, 3.8) is 0 Å². The molecule has 0 spiro atoms. The Kier molecular flexibility index (Phi) is 3.71. The molecule has 0 aliphatic heterocycles. The average molecular weight is 220 g/mol. The van der Waals surface area contributed by atoms with Crippen molar-refractivity contribution in [3.8, 4) is 0 Å². The quantitative estimate of drug-likeness (QED) is 0.816. The molecule has 0 bridgehead atoms. The summed E-state index contributed by atoms with van der Waals surface area (Å²) < 4.78 is 0.721. The lowest BCUT2D eigenvalue weighted by Gasteiger charge is -2.09. The molecule has 72 valence electrons. The molecular formula is C8H10ClNO2S. The maximum absolute atomic E-state index is 10.3. The highest BCUT2D eigenvalue weighted by Gasteiger charge is 2.08. The first kappa shape index (κ1) is 10.5. The van der Waals surface area contributed by atoms with Gasteiger partial charge in [0.2, 0.25) is 0 Å². The van der Waals surface area contributed by atoms with Gasteiger partial charge in [0.25, 0.3) is 0 Å². The highest BCUT2D eigenvalue weighted by Crippen LogP contribution is 2.24. The van der Waals surface area contributed by atoms with Gasteiger partial charge in [-0.2, -0.15) is 0 Å². The Morgan fingerprint density at radius 1 is 1.85 bits per heavy atom. The summed E-state index contributed by atoms with van der Waals surface area (Å²) in [6.07, 6.45) is 0. The smallest absolute Gasteiger partial charge is 0.317 e. The molecule has 13 heavy (non-hydrogen) atoms. The predicted molar refractivity (Wildman–Crippen MR) is 53.4 cm³/mol. The first-order chi connectivity index (χ1) is 6.09. The van der Waals surface area contributed by atoms with Crippen LogP contribution in [0.15, 0.2) is 11.4 Å². The summed E-state index contributed by atoms with van der Waals surface area (Å²) in [5, 5.41) is 13.2. The fourth-order valence-corrected chi connectivity index (χ4v) is 1.89. The van der Waals surface area contributed by atoms with Crippen LogP contribution in [0.4, 0.5) is 0 Å². The van der Waals surface area contributed by atoms with E-state index in [4.69, 9.17) is 16.7 Å². The topological polar surface area (TPSA) is 49.3 Å². The normalized spacial score (nSPS) is 12.8. The molecule has 0 radical (unpaired) electrons. The Morgan fingerprint density at radius 3 is 3.00 bits per heavy atom. The summed E-state index contributed by atoms with van der Waals surface area (Å²) in [4.78, 5) is 10.3. The number of hydrogen-bond acceptors (Lipinski definition) is 3. The minimum atomic E-state index is -0.854. The average Bonchev–Trinajstić information content (AvgIpc) is 2.47. The molecule has 1 rings (SSSR count). The van der Waals surface area contributed by atoms with Crippen molar-refractivity contribution < 1.29 is 9.90 Å². The van der Waals surface area contributed by atoms with Crippen LogP contribution in [0.2, 0.25) is 4.34 Å². The number of thiophene rings is 1. The molecule has 1 heterocycles. The highest BCUT2D eigenvalue weighted by atomic mass is 35.5. The number of halogens is 1. The van der Waals surface area contributed by atoms with Crippen LogP contribution in [0.1, 0.15) is 18.5 Å². The van der Waals surface area contributed by atoms with Gasteiger partial charge in [-0.3, -0.25) is 4.79 Å². The van der Waals surface area contributed by atoms with Crippen LogP contribution in [-0.2, 0) is 4.79 Å². The summed E-state index contributed by atoms with van der Waals surface area (Å²) in [7, 11) is 0. The second kappa shape index (κ2) is 4.60. The van der Waals surface area contributed by atoms with Crippen LogP contribution < -0.4 is 5.32 Å². The van der Waals surface area contributed by atoms with E-state index in [-0.39, 0.29) is 12.6 Å². The van der Waals surface area contributed by atoms with E-state index in [1.54, 1.807) is 0 Å². The van der Waals surface area contributed by atoms with Crippen LogP contribution in [0, 0.1) is 0 Å². The fourth-order valence-electron chi connectivity index (χ4n) is 0.909. The maximum atomic E-state index is 10.3. The van der Waals surface area contributed by atoms with Gasteiger partial charge < -0.3 is 10.4 Å². The molecule has 2 N–H and O–H groups in total. The molecule has 1 aromatic rings. The van der Waals surface area contributed by atoms with Crippen molar-refractivity contribution in [1.82, 2.24) is 5.32 Å². The molecule has 0 aromatic carbocycles. The van der Waals surface area contributed by atoms with E-state index in [0.29, 0.717) is 0 Å².